The fraction of sp³-hybridized carbons (Fsp3) is 0.100. The largest absolute Gasteiger partial charge is 0.325 e. The van der Waals surface area contributed by atoms with Crippen LogP contribution in [0.5, 0.6) is 0 Å². The monoisotopic (exact) mass is 421 g/mol. The highest BCUT2D eigenvalue weighted by Crippen LogP contribution is 2.50. The summed E-state index contributed by atoms with van der Waals surface area (Å²) in [4.78, 5) is 30.5. The van der Waals surface area contributed by atoms with Gasteiger partial charge in [-0.3, -0.25) is 9.59 Å². The molecule has 2 aromatic carbocycles. The maximum absolute atomic E-state index is 13.1. The van der Waals surface area contributed by atoms with Crippen LogP contribution in [0.15, 0.2) is 48.7 Å². The molecule has 0 radical (unpaired) electrons. The van der Waals surface area contributed by atoms with E-state index in [0.717, 1.165) is 10.2 Å². The van der Waals surface area contributed by atoms with Crippen LogP contribution in [0.4, 0.5) is 11.5 Å². The molecule has 142 valence electrons. The molecule has 4 aromatic rings. The molecule has 0 saturated carbocycles. The van der Waals surface area contributed by atoms with E-state index in [4.69, 9.17) is 11.6 Å². The highest BCUT2D eigenvalue weighted by Gasteiger charge is 2.54. The molecule has 2 aliphatic rings. The Bertz CT molecular complexity index is 1330. The Balaban J connectivity index is 1.60. The molecule has 0 fully saturated rings. The third-order valence-electron chi connectivity index (χ3n) is 5.45. The zero-order valence-electron chi connectivity index (χ0n) is 14.8. The number of fused-ring (bicyclic) bond motifs is 5. The minimum absolute atomic E-state index is 0.00921. The van der Waals surface area contributed by atoms with Crippen LogP contribution in [-0.2, 0) is 15.0 Å². The van der Waals surface area contributed by atoms with Crippen molar-refractivity contribution in [1.82, 2.24) is 14.8 Å². The van der Waals surface area contributed by atoms with Gasteiger partial charge in [0.05, 0.1) is 16.4 Å². The number of anilines is 2. The number of nitrogens with one attached hydrogen (secondary N) is 2. The van der Waals surface area contributed by atoms with Gasteiger partial charge in [0.25, 0.3) is 0 Å². The molecule has 4 heterocycles. The Morgan fingerprint density at radius 1 is 1.10 bits per heavy atom. The van der Waals surface area contributed by atoms with Gasteiger partial charge in [0.15, 0.2) is 0 Å². The molecule has 1 spiro atoms. The van der Waals surface area contributed by atoms with Gasteiger partial charge in [-0.2, -0.15) is 9.78 Å². The quantitative estimate of drug-likeness (QED) is 0.490. The maximum atomic E-state index is 13.1. The van der Waals surface area contributed by atoms with Crippen molar-refractivity contribution in [2.24, 2.45) is 0 Å². The van der Waals surface area contributed by atoms with E-state index in [1.54, 1.807) is 29.1 Å². The lowest BCUT2D eigenvalue weighted by Crippen LogP contribution is -2.43. The predicted octanol–water partition coefficient (Wildman–Crippen LogP) is 3.72. The highest BCUT2D eigenvalue weighted by molar-refractivity contribution is 7.20. The van der Waals surface area contributed by atoms with Crippen LogP contribution in [0.25, 0.3) is 15.3 Å². The van der Waals surface area contributed by atoms with Crippen LogP contribution < -0.4 is 10.6 Å². The van der Waals surface area contributed by atoms with Gasteiger partial charge in [0.2, 0.25) is 16.9 Å². The lowest BCUT2D eigenvalue weighted by Gasteiger charge is -2.31. The van der Waals surface area contributed by atoms with Gasteiger partial charge >= 0.3 is 0 Å². The van der Waals surface area contributed by atoms with Gasteiger partial charge in [0.1, 0.15) is 11.2 Å². The number of benzene rings is 2. The van der Waals surface area contributed by atoms with Crippen molar-refractivity contribution in [3.63, 3.8) is 0 Å². The van der Waals surface area contributed by atoms with Crippen LogP contribution >= 0.6 is 22.9 Å². The number of carbonyl (C=O) groups is 2. The first-order valence-corrected chi connectivity index (χ1v) is 10.1. The van der Waals surface area contributed by atoms with E-state index in [2.05, 4.69) is 20.7 Å². The second-order valence-corrected chi connectivity index (χ2v) is 8.50. The molecule has 7 nitrogen and oxygen atoms in total. The zero-order valence-corrected chi connectivity index (χ0v) is 16.3. The number of para-hydroxylation sites is 1. The van der Waals surface area contributed by atoms with E-state index < -0.39 is 5.41 Å². The first-order chi connectivity index (χ1) is 14.1. The van der Waals surface area contributed by atoms with Gasteiger partial charge in [-0.25, -0.2) is 4.98 Å². The number of hydrogen-bond acceptors (Lipinski definition) is 5. The highest BCUT2D eigenvalue weighted by atomic mass is 35.5. The molecule has 2 amide bonds. The summed E-state index contributed by atoms with van der Waals surface area (Å²) in [6.07, 6.45) is 1.63. The number of hydrogen-bond donors (Lipinski definition) is 2. The number of halogens is 1. The summed E-state index contributed by atoms with van der Waals surface area (Å²) in [6.45, 7) is 0. The summed E-state index contributed by atoms with van der Waals surface area (Å²) in [6, 6.07) is 13.0. The average molecular weight is 422 g/mol. The summed E-state index contributed by atoms with van der Waals surface area (Å²) in [5, 5.41) is 11.4. The van der Waals surface area contributed by atoms with Gasteiger partial charge < -0.3 is 10.6 Å². The molecule has 2 N–H and O–H groups in total. The molecular weight excluding hydrogens is 410 g/mol. The normalized spacial score (nSPS) is 19.9. The van der Waals surface area contributed by atoms with Crippen molar-refractivity contribution in [3.8, 4) is 5.13 Å². The molecule has 0 unspecified atom stereocenters. The molecule has 2 aromatic heterocycles. The number of thiazole rings is 1. The Labute approximate surface area is 173 Å². The molecule has 0 saturated heterocycles. The molecule has 2 aliphatic heterocycles. The van der Waals surface area contributed by atoms with Crippen molar-refractivity contribution < 1.29 is 9.59 Å². The Kier molecular flexibility index (Phi) is 3.25. The van der Waals surface area contributed by atoms with Crippen LogP contribution in [-0.4, -0.2) is 26.6 Å². The second-order valence-electron chi connectivity index (χ2n) is 7.06. The summed E-state index contributed by atoms with van der Waals surface area (Å²) in [7, 11) is 0. The van der Waals surface area contributed by atoms with Gasteiger partial charge in [-0.05, 0) is 35.9 Å². The Morgan fingerprint density at radius 3 is 2.83 bits per heavy atom. The van der Waals surface area contributed by atoms with Crippen molar-refractivity contribution in [1.29, 1.82) is 0 Å². The van der Waals surface area contributed by atoms with Crippen LogP contribution in [0.1, 0.15) is 17.5 Å². The van der Waals surface area contributed by atoms with Crippen molar-refractivity contribution >= 4 is 56.5 Å². The number of aromatic nitrogens is 3. The first kappa shape index (κ1) is 16.7. The smallest absolute Gasteiger partial charge is 0.240 e. The lowest BCUT2D eigenvalue weighted by atomic mass is 9.72. The number of rotatable bonds is 1. The van der Waals surface area contributed by atoms with E-state index in [1.807, 2.05) is 24.3 Å². The molecule has 29 heavy (non-hydrogen) atoms. The van der Waals surface area contributed by atoms with Gasteiger partial charge in [-0.1, -0.05) is 35.1 Å². The fourth-order valence-corrected chi connectivity index (χ4v) is 5.26. The molecule has 6 rings (SSSR count). The maximum Gasteiger partial charge on any atom is 0.240 e. The minimum Gasteiger partial charge on any atom is -0.325 e. The number of nitrogens with zero attached hydrogens (tertiary/aromatic N) is 3. The topological polar surface area (TPSA) is 88.9 Å². The minimum atomic E-state index is -1.16. The predicted molar refractivity (Wildman–Crippen MR) is 111 cm³/mol. The van der Waals surface area contributed by atoms with Crippen molar-refractivity contribution in [2.45, 2.75) is 11.8 Å². The summed E-state index contributed by atoms with van der Waals surface area (Å²) < 4.78 is 2.61. The lowest BCUT2D eigenvalue weighted by molar-refractivity contribution is -0.125. The molecule has 9 heteroatoms. The molecule has 1 atom stereocenters. The average Bonchev–Trinajstić information content (AvgIpc) is 3.37. The SMILES string of the molecule is O=C1C[C@@]2(C(=O)Nc3ccc(Cl)cc32)c2cnn(-c3nc4ccccc4s3)c2N1. The fourth-order valence-electron chi connectivity index (χ4n) is 4.16. The Hall–Kier alpha value is -3.23. The van der Waals surface area contributed by atoms with E-state index in [1.165, 1.54) is 11.3 Å². The number of carbonyl (C=O) groups excluding carboxylic acids is 2. The standard InChI is InChI=1S/C20H12ClN5O2S/c21-10-5-6-13-11(7-10)20(18(28)23-13)8-16(27)25-17-12(20)9-22-26(17)19-24-14-3-1-2-4-15(14)29-19/h1-7,9H,8H2,(H,23,28)(H,25,27)/t20-/m0/s1. The Morgan fingerprint density at radius 2 is 1.97 bits per heavy atom. The van der Waals surface area contributed by atoms with E-state index >= 15 is 0 Å². The second kappa shape index (κ2) is 5.65. The zero-order chi connectivity index (χ0) is 19.8. The van der Waals surface area contributed by atoms with Gasteiger partial charge in [0, 0.05) is 22.7 Å². The molecular formula is C20H12ClN5O2S. The molecule has 0 bridgehead atoms. The van der Waals surface area contributed by atoms with Crippen LogP contribution in [0.2, 0.25) is 5.02 Å². The third-order valence-corrected chi connectivity index (χ3v) is 6.70. The van der Waals surface area contributed by atoms with Crippen molar-refractivity contribution in [3.05, 3.63) is 64.8 Å². The van der Waals surface area contributed by atoms with Crippen molar-refractivity contribution in [2.75, 3.05) is 10.6 Å². The molecule has 0 aliphatic carbocycles. The van der Waals surface area contributed by atoms with Crippen LogP contribution in [0.3, 0.4) is 0 Å². The van der Waals surface area contributed by atoms with Crippen LogP contribution in [0, 0.1) is 0 Å². The van der Waals surface area contributed by atoms with E-state index in [9.17, 15) is 9.59 Å². The summed E-state index contributed by atoms with van der Waals surface area (Å²) in [5.41, 5.74) is 1.68. The third kappa shape index (κ3) is 2.18. The van der Waals surface area contributed by atoms with E-state index in [-0.39, 0.29) is 18.2 Å². The summed E-state index contributed by atoms with van der Waals surface area (Å²) >= 11 is 7.68. The summed E-state index contributed by atoms with van der Waals surface area (Å²) in [5.74, 6) is -0.0543. The van der Waals surface area contributed by atoms with Gasteiger partial charge in [-0.15, -0.1) is 0 Å². The number of amides is 2. The first-order valence-electron chi connectivity index (χ1n) is 8.92. The van der Waals surface area contributed by atoms with E-state index in [0.29, 0.717) is 32.8 Å².